The highest BCUT2D eigenvalue weighted by atomic mass is 16.5. The SMILES string of the molecule is CCn1c2c(c(=O)n3ncc(C(=O)Nc4cccc(C)c4)c13)CN(Cc1ccc(OC)cc1)CC2. The topological polar surface area (TPSA) is 80.9 Å². The van der Waals surface area contributed by atoms with Gasteiger partial charge in [-0.05, 0) is 49.2 Å². The maximum absolute atomic E-state index is 13.5. The van der Waals surface area contributed by atoms with Crippen LogP contribution in [0.2, 0.25) is 0 Å². The van der Waals surface area contributed by atoms with Crippen molar-refractivity contribution in [2.45, 2.75) is 39.9 Å². The molecule has 0 saturated heterocycles. The molecule has 0 radical (unpaired) electrons. The van der Waals surface area contributed by atoms with Crippen molar-refractivity contribution in [2.24, 2.45) is 0 Å². The van der Waals surface area contributed by atoms with Crippen LogP contribution in [0.15, 0.2) is 59.5 Å². The molecule has 0 saturated carbocycles. The van der Waals surface area contributed by atoms with Crippen molar-refractivity contribution in [3.05, 3.63) is 93.0 Å². The number of nitrogens with zero attached hydrogens (tertiary/aromatic N) is 4. The van der Waals surface area contributed by atoms with Crippen LogP contribution in [0.25, 0.3) is 5.65 Å². The molecule has 8 nitrogen and oxygen atoms in total. The van der Waals surface area contributed by atoms with E-state index in [0.29, 0.717) is 30.0 Å². The van der Waals surface area contributed by atoms with Crippen molar-refractivity contribution in [2.75, 3.05) is 19.0 Å². The Bertz CT molecular complexity index is 1450. The van der Waals surface area contributed by atoms with Crippen LogP contribution in [-0.2, 0) is 26.1 Å². The molecule has 2 aromatic carbocycles. The van der Waals surface area contributed by atoms with Crippen molar-refractivity contribution in [3.8, 4) is 5.75 Å². The van der Waals surface area contributed by atoms with Crippen LogP contribution in [0.3, 0.4) is 0 Å². The first-order valence-corrected chi connectivity index (χ1v) is 11.8. The van der Waals surface area contributed by atoms with E-state index in [4.69, 9.17) is 4.74 Å². The zero-order chi connectivity index (χ0) is 24.5. The molecule has 5 rings (SSSR count). The summed E-state index contributed by atoms with van der Waals surface area (Å²) in [5.74, 6) is 0.552. The molecule has 1 amide bonds. The molecule has 2 aromatic heterocycles. The molecule has 180 valence electrons. The zero-order valence-electron chi connectivity index (χ0n) is 20.2. The van der Waals surface area contributed by atoms with Gasteiger partial charge < -0.3 is 14.6 Å². The van der Waals surface area contributed by atoms with Crippen molar-refractivity contribution in [3.63, 3.8) is 0 Å². The van der Waals surface area contributed by atoms with E-state index in [0.717, 1.165) is 42.1 Å². The predicted molar refractivity (Wildman–Crippen MR) is 135 cm³/mol. The second kappa shape index (κ2) is 9.38. The summed E-state index contributed by atoms with van der Waals surface area (Å²) in [6.07, 6.45) is 2.23. The van der Waals surface area contributed by atoms with E-state index in [1.807, 2.05) is 50.2 Å². The third-order valence-electron chi connectivity index (χ3n) is 6.57. The summed E-state index contributed by atoms with van der Waals surface area (Å²) in [5, 5.41) is 7.28. The van der Waals surface area contributed by atoms with Gasteiger partial charge in [0.25, 0.3) is 11.5 Å². The lowest BCUT2D eigenvalue weighted by atomic mass is 10.0. The number of anilines is 1. The molecule has 4 aromatic rings. The summed E-state index contributed by atoms with van der Waals surface area (Å²) in [6.45, 7) is 6.76. The van der Waals surface area contributed by atoms with Crippen LogP contribution < -0.4 is 15.6 Å². The van der Waals surface area contributed by atoms with Crippen LogP contribution in [-0.4, -0.2) is 38.6 Å². The normalized spacial score (nSPS) is 13.6. The van der Waals surface area contributed by atoms with Gasteiger partial charge in [-0.15, -0.1) is 0 Å². The maximum atomic E-state index is 13.5. The predicted octanol–water partition coefficient (Wildman–Crippen LogP) is 3.64. The second-order valence-corrected chi connectivity index (χ2v) is 8.90. The fourth-order valence-electron chi connectivity index (χ4n) is 4.85. The number of rotatable bonds is 6. The number of benzene rings is 2. The lowest BCUT2D eigenvalue weighted by Gasteiger charge is -2.30. The largest absolute Gasteiger partial charge is 0.497 e. The average Bonchev–Trinajstić information content (AvgIpc) is 3.31. The van der Waals surface area contributed by atoms with Gasteiger partial charge in [0.15, 0.2) is 5.65 Å². The first-order valence-electron chi connectivity index (χ1n) is 11.8. The summed E-state index contributed by atoms with van der Waals surface area (Å²) in [6, 6.07) is 15.6. The van der Waals surface area contributed by atoms with E-state index < -0.39 is 0 Å². The van der Waals surface area contributed by atoms with Gasteiger partial charge >= 0.3 is 0 Å². The lowest BCUT2D eigenvalue weighted by Crippen LogP contribution is -2.38. The number of amides is 1. The molecule has 35 heavy (non-hydrogen) atoms. The molecular weight excluding hydrogens is 442 g/mol. The van der Waals surface area contributed by atoms with Gasteiger partial charge in [-0.2, -0.15) is 9.61 Å². The minimum absolute atomic E-state index is 0.159. The van der Waals surface area contributed by atoms with Crippen molar-refractivity contribution in [1.29, 1.82) is 0 Å². The molecular formula is C27H29N5O3. The Morgan fingerprint density at radius 3 is 2.69 bits per heavy atom. The molecule has 0 bridgehead atoms. The molecule has 1 aliphatic heterocycles. The number of aryl methyl sites for hydroxylation is 2. The van der Waals surface area contributed by atoms with Gasteiger partial charge in [0, 0.05) is 44.0 Å². The lowest BCUT2D eigenvalue weighted by molar-refractivity contribution is 0.102. The zero-order valence-corrected chi connectivity index (χ0v) is 20.2. The summed E-state index contributed by atoms with van der Waals surface area (Å²) in [5.41, 5.74) is 5.45. The van der Waals surface area contributed by atoms with Crippen molar-refractivity contribution >= 4 is 17.2 Å². The number of hydrogen-bond donors (Lipinski definition) is 1. The van der Waals surface area contributed by atoms with Crippen LogP contribution in [0.1, 0.15) is 39.7 Å². The Hall–Kier alpha value is -3.91. The van der Waals surface area contributed by atoms with E-state index >= 15 is 0 Å². The fraction of sp³-hybridized carbons (Fsp3) is 0.296. The standard InChI is InChI=1S/C27H29N5O3/c1-4-31-24-12-13-30(16-19-8-10-21(35-3)11-9-19)17-23(24)27(34)32-26(31)22(15-28-32)25(33)29-20-7-5-6-18(2)14-20/h5-11,14-15H,4,12-13,16-17H2,1-3H3,(H,29,33). The van der Waals surface area contributed by atoms with Crippen molar-refractivity contribution < 1.29 is 9.53 Å². The van der Waals surface area contributed by atoms with Gasteiger partial charge in [0.05, 0.1) is 18.9 Å². The summed E-state index contributed by atoms with van der Waals surface area (Å²) in [7, 11) is 1.66. The van der Waals surface area contributed by atoms with Gasteiger partial charge in [-0.1, -0.05) is 24.3 Å². The number of nitrogens with one attached hydrogen (secondary N) is 1. The minimum atomic E-state index is -0.274. The molecule has 1 N–H and O–H groups in total. The monoisotopic (exact) mass is 471 g/mol. The van der Waals surface area contributed by atoms with E-state index in [-0.39, 0.29) is 11.5 Å². The quantitative estimate of drug-likeness (QED) is 0.464. The van der Waals surface area contributed by atoms with Crippen LogP contribution in [0.5, 0.6) is 5.75 Å². The molecule has 0 unspecified atom stereocenters. The fourth-order valence-corrected chi connectivity index (χ4v) is 4.85. The first kappa shape index (κ1) is 22.9. The molecule has 0 fully saturated rings. The Morgan fingerprint density at radius 2 is 1.97 bits per heavy atom. The van der Waals surface area contributed by atoms with Crippen molar-refractivity contribution in [1.82, 2.24) is 19.1 Å². The number of fused-ring (bicyclic) bond motifs is 2. The Labute approximate surface area is 203 Å². The van der Waals surface area contributed by atoms with E-state index in [9.17, 15) is 9.59 Å². The van der Waals surface area contributed by atoms with Gasteiger partial charge in [-0.3, -0.25) is 14.5 Å². The Kier molecular flexibility index (Phi) is 6.13. The summed E-state index contributed by atoms with van der Waals surface area (Å²) >= 11 is 0. The molecule has 0 spiro atoms. The highest BCUT2D eigenvalue weighted by molar-refractivity contribution is 6.08. The van der Waals surface area contributed by atoms with Gasteiger partial charge in [0.1, 0.15) is 11.3 Å². The maximum Gasteiger partial charge on any atom is 0.279 e. The summed E-state index contributed by atoms with van der Waals surface area (Å²) in [4.78, 5) is 28.9. The summed E-state index contributed by atoms with van der Waals surface area (Å²) < 4.78 is 8.70. The van der Waals surface area contributed by atoms with E-state index in [1.54, 1.807) is 7.11 Å². The number of aromatic nitrogens is 3. The number of carbonyl (C=O) groups excluding carboxylic acids is 1. The number of hydrogen-bond acceptors (Lipinski definition) is 5. The van der Waals surface area contributed by atoms with Crippen LogP contribution in [0, 0.1) is 6.92 Å². The van der Waals surface area contributed by atoms with Gasteiger partial charge in [-0.25, -0.2) is 0 Å². The minimum Gasteiger partial charge on any atom is -0.497 e. The van der Waals surface area contributed by atoms with Crippen LogP contribution >= 0.6 is 0 Å². The molecule has 1 aliphatic rings. The number of ether oxygens (including phenoxy) is 1. The van der Waals surface area contributed by atoms with Crippen LogP contribution in [0.4, 0.5) is 5.69 Å². The Morgan fingerprint density at radius 1 is 1.17 bits per heavy atom. The van der Waals surface area contributed by atoms with E-state index in [2.05, 4.69) is 32.0 Å². The van der Waals surface area contributed by atoms with E-state index in [1.165, 1.54) is 16.3 Å². The highest BCUT2D eigenvalue weighted by Gasteiger charge is 2.27. The smallest absolute Gasteiger partial charge is 0.279 e. The molecule has 0 atom stereocenters. The molecule has 8 heteroatoms. The molecule has 0 aliphatic carbocycles. The second-order valence-electron chi connectivity index (χ2n) is 8.90. The van der Waals surface area contributed by atoms with Gasteiger partial charge in [0.2, 0.25) is 0 Å². The Balaban J connectivity index is 1.47. The third-order valence-corrected chi connectivity index (χ3v) is 6.57. The average molecular weight is 472 g/mol. The molecule has 3 heterocycles. The number of methoxy groups -OCH3 is 1. The third kappa shape index (κ3) is 4.33. The highest BCUT2D eigenvalue weighted by Crippen LogP contribution is 2.23. The first-order chi connectivity index (χ1) is 17.0. The number of carbonyl (C=O) groups is 1.